The highest BCUT2D eigenvalue weighted by Crippen LogP contribution is 2.45. The van der Waals surface area contributed by atoms with Crippen molar-refractivity contribution in [3.63, 3.8) is 0 Å². The van der Waals surface area contributed by atoms with E-state index in [-0.39, 0.29) is 0 Å². The maximum absolute atomic E-state index is 2.42. The smallest absolute Gasteiger partial charge is 0.00201 e. The predicted octanol–water partition coefficient (Wildman–Crippen LogP) is 15.3. The largest absolute Gasteiger partial charge is 0.0622 e. The van der Waals surface area contributed by atoms with Gasteiger partial charge in [-0.15, -0.1) is 0 Å². The lowest BCUT2D eigenvalue weighted by Crippen LogP contribution is -1.92. The van der Waals surface area contributed by atoms with E-state index in [1.807, 2.05) is 0 Å². The van der Waals surface area contributed by atoms with Gasteiger partial charge in [0.15, 0.2) is 0 Å². The molecule has 0 saturated carbocycles. The van der Waals surface area contributed by atoms with Crippen LogP contribution in [0.5, 0.6) is 0 Å². The van der Waals surface area contributed by atoms with Crippen molar-refractivity contribution in [3.05, 3.63) is 206 Å². The molecule has 0 atom stereocenters. The third-order valence-electron chi connectivity index (χ3n) is 11.4. The van der Waals surface area contributed by atoms with Gasteiger partial charge >= 0.3 is 0 Å². The van der Waals surface area contributed by atoms with Crippen LogP contribution in [0.2, 0.25) is 0 Å². The number of fused-ring (bicyclic) bond motifs is 10. The first-order valence-electron chi connectivity index (χ1n) is 18.8. The van der Waals surface area contributed by atoms with E-state index in [0.717, 1.165) is 0 Å². The Hall–Kier alpha value is -7.02. The fraction of sp³-hybridized carbons (Fsp3) is 0. The van der Waals surface area contributed by atoms with Crippen molar-refractivity contribution < 1.29 is 0 Å². The predicted molar refractivity (Wildman–Crippen MR) is 233 cm³/mol. The van der Waals surface area contributed by atoms with Crippen LogP contribution in [-0.2, 0) is 0 Å². The molecule has 0 aliphatic heterocycles. The molecule has 11 aromatic rings. The van der Waals surface area contributed by atoms with Crippen molar-refractivity contribution in [2.45, 2.75) is 0 Å². The lowest BCUT2D eigenvalue weighted by molar-refractivity contribution is 1.59. The Morgan fingerprint density at radius 2 is 0.741 bits per heavy atom. The highest BCUT2D eigenvalue weighted by atomic mass is 14.2. The van der Waals surface area contributed by atoms with Crippen LogP contribution >= 0.6 is 0 Å². The van der Waals surface area contributed by atoms with E-state index in [1.54, 1.807) is 0 Å². The fourth-order valence-electron chi connectivity index (χ4n) is 8.87. The number of rotatable bonds is 4. The molecule has 0 aromatic heterocycles. The second-order valence-corrected chi connectivity index (χ2v) is 14.4. The van der Waals surface area contributed by atoms with Crippen LogP contribution in [0.1, 0.15) is 0 Å². The molecule has 0 heteroatoms. The average molecular weight is 683 g/mol. The van der Waals surface area contributed by atoms with Crippen molar-refractivity contribution in [1.82, 2.24) is 0 Å². The second kappa shape index (κ2) is 12.3. The van der Waals surface area contributed by atoms with Crippen molar-refractivity contribution in [1.29, 1.82) is 0 Å². The Morgan fingerprint density at radius 1 is 0.185 bits per heavy atom. The van der Waals surface area contributed by atoms with E-state index in [4.69, 9.17) is 0 Å². The summed E-state index contributed by atoms with van der Waals surface area (Å²) in [5, 5.41) is 15.3. The van der Waals surface area contributed by atoms with E-state index in [2.05, 4.69) is 206 Å². The van der Waals surface area contributed by atoms with Crippen LogP contribution in [0.4, 0.5) is 0 Å². The van der Waals surface area contributed by atoms with Crippen LogP contribution in [-0.4, -0.2) is 0 Å². The zero-order valence-electron chi connectivity index (χ0n) is 29.6. The van der Waals surface area contributed by atoms with E-state index in [1.165, 1.54) is 109 Å². The van der Waals surface area contributed by atoms with Gasteiger partial charge in [-0.1, -0.05) is 182 Å². The lowest BCUT2D eigenvalue weighted by atomic mass is 9.84. The highest BCUT2D eigenvalue weighted by Gasteiger charge is 2.18. The minimum absolute atomic E-state index is 1.20. The van der Waals surface area contributed by atoms with Crippen LogP contribution < -0.4 is 0 Å². The molecule has 0 bridgehead atoms. The lowest BCUT2D eigenvalue weighted by Gasteiger charge is -2.19. The van der Waals surface area contributed by atoms with Gasteiger partial charge in [0.1, 0.15) is 0 Å². The van der Waals surface area contributed by atoms with Gasteiger partial charge in [0.25, 0.3) is 0 Å². The Balaban J connectivity index is 1.20. The molecule has 0 nitrogen and oxygen atoms in total. The summed E-state index contributed by atoms with van der Waals surface area (Å²) in [4.78, 5) is 0. The zero-order chi connectivity index (χ0) is 35.6. The molecule has 0 spiro atoms. The van der Waals surface area contributed by atoms with E-state index >= 15 is 0 Å². The monoisotopic (exact) mass is 682 g/mol. The molecule has 54 heavy (non-hydrogen) atoms. The van der Waals surface area contributed by atoms with Gasteiger partial charge in [-0.05, 0) is 133 Å². The standard InChI is InChI=1S/C54H34/c1-2-14-36(15-3-1)52-34-40-17-6-7-18-42(40)49-23-12-24-50(54(49)52)48-30-28-38(32-51(48)41-26-25-35-13-4-5-16-37(35)31-41)39-27-29-47-45-21-9-8-19-43(45)44-20-10-11-22-46(44)53(47)33-39/h1-34H. The molecular formula is C54H34. The summed E-state index contributed by atoms with van der Waals surface area (Å²) in [7, 11) is 0. The van der Waals surface area contributed by atoms with Crippen molar-refractivity contribution >= 4 is 64.6 Å². The summed E-state index contributed by atoms with van der Waals surface area (Å²) in [6.07, 6.45) is 0. The maximum atomic E-state index is 2.42. The van der Waals surface area contributed by atoms with Crippen LogP contribution in [0.3, 0.4) is 0 Å². The van der Waals surface area contributed by atoms with Gasteiger partial charge in [-0.3, -0.25) is 0 Å². The van der Waals surface area contributed by atoms with Crippen molar-refractivity contribution in [2.24, 2.45) is 0 Å². The van der Waals surface area contributed by atoms with Crippen LogP contribution in [0.25, 0.3) is 109 Å². The van der Waals surface area contributed by atoms with Crippen LogP contribution in [0.15, 0.2) is 206 Å². The molecule has 0 aliphatic rings. The zero-order valence-corrected chi connectivity index (χ0v) is 29.6. The summed E-state index contributed by atoms with van der Waals surface area (Å²) in [5.74, 6) is 0. The van der Waals surface area contributed by atoms with Crippen molar-refractivity contribution in [3.8, 4) is 44.5 Å². The maximum Gasteiger partial charge on any atom is -0.00201 e. The minimum atomic E-state index is 1.20. The van der Waals surface area contributed by atoms with Gasteiger partial charge in [-0.25, -0.2) is 0 Å². The summed E-state index contributed by atoms with van der Waals surface area (Å²) < 4.78 is 0. The van der Waals surface area contributed by atoms with Crippen LogP contribution in [0, 0.1) is 0 Å². The van der Waals surface area contributed by atoms with Gasteiger partial charge in [0.2, 0.25) is 0 Å². The first-order chi connectivity index (χ1) is 26.8. The highest BCUT2D eigenvalue weighted by molar-refractivity contribution is 6.26. The van der Waals surface area contributed by atoms with Crippen molar-refractivity contribution in [2.75, 3.05) is 0 Å². The molecule has 0 amide bonds. The summed E-state index contributed by atoms with van der Waals surface area (Å²) >= 11 is 0. The third kappa shape index (κ3) is 4.85. The topological polar surface area (TPSA) is 0 Å². The Kier molecular flexibility index (Phi) is 6.97. The fourth-order valence-corrected chi connectivity index (χ4v) is 8.87. The SMILES string of the molecule is c1ccc(-c2cc3ccccc3c3cccc(-c4ccc(-c5ccc6c7ccccc7c7ccccc7c6c5)cc4-c4ccc5ccccc5c4)c23)cc1. The molecule has 0 heterocycles. The molecule has 0 saturated heterocycles. The van der Waals surface area contributed by atoms with E-state index < -0.39 is 0 Å². The third-order valence-corrected chi connectivity index (χ3v) is 11.4. The molecule has 11 rings (SSSR count). The summed E-state index contributed by atoms with van der Waals surface area (Å²) in [5.41, 5.74) is 9.79. The average Bonchev–Trinajstić information content (AvgIpc) is 3.26. The molecule has 250 valence electrons. The molecule has 0 aliphatic carbocycles. The molecule has 11 aromatic carbocycles. The molecular weight excluding hydrogens is 649 g/mol. The summed E-state index contributed by atoms with van der Waals surface area (Å²) in [6, 6.07) is 76.2. The number of benzene rings is 11. The quantitative estimate of drug-likeness (QED) is 0.162. The second-order valence-electron chi connectivity index (χ2n) is 14.4. The first kappa shape index (κ1) is 30.6. The first-order valence-corrected chi connectivity index (χ1v) is 18.8. The normalized spacial score (nSPS) is 11.7. The van der Waals surface area contributed by atoms with E-state index in [9.17, 15) is 0 Å². The number of hydrogen-bond donors (Lipinski definition) is 0. The van der Waals surface area contributed by atoms with Gasteiger partial charge in [0.05, 0.1) is 0 Å². The Labute approximate surface area is 314 Å². The van der Waals surface area contributed by atoms with E-state index in [0.29, 0.717) is 0 Å². The molecule has 0 fully saturated rings. The Bertz CT molecular complexity index is 3220. The van der Waals surface area contributed by atoms with Gasteiger partial charge < -0.3 is 0 Å². The Morgan fingerprint density at radius 3 is 1.50 bits per heavy atom. The van der Waals surface area contributed by atoms with Gasteiger partial charge in [0, 0.05) is 0 Å². The number of hydrogen-bond acceptors (Lipinski definition) is 0. The van der Waals surface area contributed by atoms with Gasteiger partial charge in [-0.2, -0.15) is 0 Å². The minimum Gasteiger partial charge on any atom is -0.0622 e. The molecule has 0 unspecified atom stereocenters. The molecule has 0 N–H and O–H groups in total. The molecule has 0 radical (unpaired) electrons. The summed E-state index contributed by atoms with van der Waals surface area (Å²) in [6.45, 7) is 0.